The quantitative estimate of drug-likeness (QED) is 0.0221. The number of carbonyl (C=O) groups is 2. The van der Waals surface area contributed by atoms with E-state index in [1.165, 1.54) is 38.5 Å². The second-order valence-electron chi connectivity index (χ2n) is 13.6. The number of hydrogen-bond acceptors (Lipinski definition) is 8. The molecule has 0 aliphatic rings. The molecule has 0 rings (SSSR count). The molecule has 10 heteroatoms. The number of unbranched alkanes of at least 4 members (excludes halogenated alkanes) is 15. The number of rotatable bonds is 33. The van der Waals surface area contributed by atoms with E-state index in [-0.39, 0.29) is 26.1 Å². The van der Waals surface area contributed by atoms with E-state index in [0.29, 0.717) is 17.4 Å². The van der Waals surface area contributed by atoms with Crippen molar-refractivity contribution >= 4 is 19.8 Å². The lowest BCUT2D eigenvalue weighted by atomic mass is 10.1. The largest absolute Gasteiger partial charge is 0.756 e. The maximum Gasteiger partial charge on any atom is 0.306 e. The summed E-state index contributed by atoms with van der Waals surface area (Å²) in [5.74, 6) is -0.859. The normalized spacial score (nSPS) is 14.1. The van der Waals surface area contributed by atoms with Crippen LogP contribution in [0.4, 0.5) is 0 Å². The maximum atomic E-state index is 12.6. The first-order valence-corrected chi connectivity index (χ1v) is 20.0. The summed E-state index contributed by atoms with van der Waals surface area (Å²) in [6.07, 6.45) is 29.2. The van der Waals surface area contributed by atoms with E-state index in [1.807, 2.05) is 21.1 Å². The highest BCUT2D eigenvalue weighted by molar-refractivity contribution is 7.45. The minimum absolute atomic E-state index is 0.0331. The molecule has 0 N–H and O–H groups in total. The standard InChI is InChI=1S/C37H70NO8P/c1-6-8-10-12-14-16-18-20-21-23-25-27-29-36(39)43-33-35(34-45-47(41,42)44-32-31-38(3,4)5)46-37(40)30-28-26-24-22-19-17-15-13-11-9-7-2/h13-16,35H,6-12,17-34H2,1-5H3/b15-13+,16-14+/t35-/m1/s1. The molecular weight excluding hydrogens is 617 g/mol. The van der Waals surface area contributed by atoms with Gasteiger partial charge in [-0.3, -0.25) is 14.2 Å². The van der Waals surface area contributed by atoms with Crippen molar-refractivity contribution in [2.24, 2.45) is 0 Å². The Morgan fingerprint density at radius 1 is 0.638 bits per heavy atom. The Morgan fingerprint density at radius 3 is 1.64 bits per heavy atom. The van der Waals surface area contributed by atoms with Gasteiger partial charge >= 0.3 is 11.9 Å². The van der Waals surface area contributed by atoms with Crippen molar-refractivity contribution in [1.29, 1.82) is 0 Å². The lowest BCUT2D eigenvalue weighted by Crippen LogP contribution is -2.37. The smallest absolute Gasteiger partial charge is 0.306 e. The van der Waals surface area contributed by atoms with Gasteiger partial charge in [-0.1, -0.05) is 102 Å². The molecule has 0 bridgehead atoms. The minimum Gasteiger partial charge on any atom is -0.756 e. The number of nitrogens with zero attached hydrogens (tertiary/aromatic N) is 1. The number of esters is 2. The summed E-state index contributed by atoms with van der Waals surface area (Å²) in [4.78, 5) is 37.2. The van der Waals surface area contributed by atoms with E-state index in [4.69, 9.17) is 18.5 Å². The fraction of sp³-hybridized carbons (Fsp3) is 0.838. The lowest BCUT2D eigenvalue weighted by molar-refractivity contribution is -0.870. The first-order valence-electron chi connectivity index (χ1n) is 18.5. The number of hydrogen-bond donors (Lipinski definition) is 0. The summed E-state index contributed by atoms with van der Waals surface area (Å²) in [5.41, 5.74) is 0. The van der Waals surface area contributed by atoms with E-state index in [0.717, 1.165) is 77.0 Å². The SMILES string of the molecule is CCCC/C=C/CCCCCCCC(=O)O[C@H](COC(=O)CCCCCCC/C=C/CCCCC)COP(=O)([O-])OCC[N+](C)(C)C. The molecule has 0 aliphatic carbocycles. The summed E-state index contributed by atoms with van der Waals surface area (Å²) >= 11 is 0. The molecule has 1 unspecified atom stereocenters. The van der Waals surface area contributed by atoms with Crippen LogP contribution in [0.25, 0.3) is 0 Å². The van der Waals surface area contributed by atoms with E-state index < -0.39 is 32.5 Å². The topological polar surface area (TPSA) is 111 Å². The zero-order valence-corrected chi connectivity index (χ0v) is 31.6. The number of phosphoric ester groups is 1. The molecule has 47 heavy (non-hydrogen) atoms. The van der Waals surface area contributed by atoms with Crippen molar-refractivity contribution in [1.82, 2.24) is 0 Å². The summed E-state index contributed by atoms with van der Waals surface area (Å²) in [6.45, 7) is 4.12. The van der Waals surface area contributed by atoms with Gasteiger partial charge in [0.05, 0.1) is 27.7 Å². The Hall–Kier alpha value is -1.51. The summed E-state index contributed by atoms with van der Waals surface area (Å²) < 4.78 is 33.7. The third-order valence-electron chi connectivity index (χ3n) is 7.69. The Balaban J connectivity index is 4.49. The molecular formula is C37H70NO8P. The van der Waals surface area contributed by atoms with Gasteiger partial charge in [-0.15, -0.1) is 0 Å². The molecule has 9 nitrogen and oxygen atoms in total. The van der Waals surface area contributed by atoms with E-state index in [2.05, 4.69) is 38.2 Å². The van der Waals surface area contributed by atoms with Gasteiger partial charge in [0.25, 0.3) is 7.82 Å². The molecule has 2 atom stereocenters. The van der Waals surface area contributed by atoms with Crippen LogP contribution >= 0.6 is 7.82 Å². The number of ether oxygens (including phenoxy) is 2. The average Bonchev–Trinajstić information content (AvgIpc) is 3.01. The predicted molar refractivity (Wildman–Crippen MR) is 190 cm³/mol. The van der Waals surface area contributed by atoms with Crippen molar-refractivity contribution in [2.75, 3.05) is 47.5 Å². The Bertz CT molecular complexity index is 871. The molecule has 0 aromatic rings. The van der Waals surface area contributed by atoms with Crippen LogP contribution in [0.15, 0.2) is 24.3 Å². The molecule has 0 radical (unpaired) electrons. The first-order chi connectivity index (χ1) is 22.5. The first kappa shape index (κ1) is 45.5. The van der Waals surface area contributed by atoms with E-state index in [1.54, 1.807) is 0 Å². The zero-order valence-electron chi connectivity index (χ0n) is 30.7. The van der Waals surface area contributed by atoms with Crippen LogP contribution in [0.5, 0.6) is 0 Å². The van der Waals surface area contributed by atoms with Crippen molar-refractivity contribution in [3.63, 3.8) is 0 Å². The summed E-state index contributed by atoms with van der Waals surface area (Å²) in [7, 11) is 1.15. The molecule has 0 aromatic heterocycles. The number of phosphoric acid groups is 1. The molecule has 0 fully saturated rings. The highest BCUT2D eigenvalue weighted by Crippen LogP contribution is 2.38. The van der Waals surface area contributed by atoms with Crippen LogP contribution in [-0.4, -0.2) is 70.0 Å². The Labute approximate surface area is 288 Å². The van der Waals surface area contributed by atoms with Crippen LogP contribution in [0.2, 0.25) is 0 Å². The van der Waals surface area contributed by atoms with Crippen molar-refractivity contribution in [3.05, 3.63) is 24.3 Å². The molecule has 276 valence electrons. The number of allylic oxidation sites excluding steroid dienone is 4. The average molecular weight is 688 g/mol. The third-order valence-corrected chi connectivity index (χ3v) is 8.66. The van der Waals surface area contributed by atoms with Crippen LogP contribution < -0.4 is 4.89 Å². The van der Waals surface area contributed by atoms with Crippen molar-refractivity contribution in [3.8, 4) is 0 Å². The lowest BCUT2D eigenvalue weighted by Gasteiger charge is -2.28. The van der Waals surface area contributed by atoms with E-state index in [9.17, 15) is 19.0 Å². The Morgan fingerprint density at radius 2 is 1.11 bits per heavy atom. The van der Waals surface area contributed by atoms with Gasteiger partial charge < -0.3 is 27.9 Å². The van der Waals surface area contributed by atoms with Gasteiger partial charge in [0, 0.05) is 12.8 Å². The second-order valence-corrected chi connectivity index (χ2v) is 15.0. The van der Waals surface area contributed by atoms with Crippen LogP contribution in [-0.2, 0) is 32.7 Å². The molecule has 0 heterocycles. The minimum atomic E-state index is -4.61. The molecule has 0 aromatic carbocycles. The predicted octanol–water partition coefficient (Wildman–Crippen LogP) is 8.99. The van der Waals surface area contributed by atoms with Gasteiger partial charge in [-0.05, 0) is 57.8 Å². The van der Waals surface area contributed by atoms with Gasteiger partial charge in [0.15, 0.2) is 6.10 Å². The van der Waals surface area contributed by atoms with Gasteiger partial charge in [0.2, 0.25) is 0 Å². The van der Waals surface area contributed by atoms with E-state index >= 15 is 0 Å². The number of likely N-dealkylation sites (N-methyl/N-ethyl adjacent to an activating group) is 1. The number of quaternary nitrogens is 1. The third kappa shape index (κ3) is 34.2. The van der Waals surface area contributed by atoms with Gasteiger partial charge in [-0.25, -0.2) is 0 Å². The molecule has 0 spiro atoms. The highest BCUT2D eigenvalue weighted by Gasteiger charge is 2.21. The summed E-state index contributed by atoms with van der Waals surface area (Å²) in [5, 5.41) is 0. The highest BCUT2D eigenvalue weighted by atomic mass is 31.2. The summed E-state index contributed by atoms with van der Waals surface area (Å²) in [6, 6.07) is 0. The van der Waals surface area contributed by atoms with Crippen LogP contribution in [0.1, 0.15) is 149 Å². The second kappa shape index (κ2) is 30.5. The fourth-order valence-corrected chi connectivity index (χ4v) is 5.42. The monoisotopic (exact) mass is 687 g/mol. The molecule has 0 amide bonds. The number of carbonyl (C=O) groups excluding carboxylic acids is 2. The molecule has 0 saturated carbocycles. The Kier molecular flexibility index (Phi) is 29.6. The maximum absolute atomic E-state index is 12.6. The molecule has 0 saturated heterocycles. The van der Waals surface area contributed by atoms with Crippen molar-refractivity contribution < 1.29 is 42.1 Å². The van der Waals surface area contributed by atoms with Gasteiger partial charge in [-0.2, -0.15) is 0 Å². The zero-order chi connectivity index (χ0) is 35.1. The van der Waals surface area contributed by atoms with Crippen molar-refractivity contribution in [2.45, 2.75) is 155 Å². The fourth-order valence-electron chi connectivity index (χ4n) is 4.69. The molecule has 0 aliphatic heterocycles. The van der Waals surface area contributed by atoms with Gasteiger partial charge in [0.1, 0.15) is 19.8 Å². The van der Waals surface area contributed by atoms with Crippen LogP contribution in [0.3, 0.4) is 0 Å². The van der Waals surface area contributed by atoms with Crippen LogP contribution in [0, 0.1) is 0 Å².